The van der Waals surface area contributed by atoms with Gasteiger partial charge in [-0.2, -0.15) is 5.10 Å². The number of carbonyl (C=O) groups excluding carboxylic acids is 2. The number of phenols is 1. The molecular weight excluding hydrogens is 380 g/mol. The lowest BCUT2D eigenvalue weighted by atomic mass is 9.53. The van der Waals surface area contributed by atoms with Gasteiger partial charge in [-0.25, -0.2) is 10.2 Å². The van der Waals surface area contributed by atoms with Crippen LogP contribution in [0, 0.1) is 23.2 Å². The van der Waals surface area contributed by atoms with Crippen molar-refractivity contribution in [3.05, 3.63) is 23.8 Å². The second-order valence-electron chi connectivity index (χ2n) is 10.6. The van der Waals surface area contributed by atoms with E-state index < -0.39 is 5.41 Å². The van der Waals surface area contributed by atoms with E-state index in [1.54, 1.807) is 18.2 Å². The molecule has 0 saturated heterocycles. The molecule has 7 heteroatoms. The van der Waals surface area contributed by atoms with E-state index in [0.29, 0.717) is 17.0 Å². The van der Waals surface area contributed by atoms with Gasteiger partial charge >= 0.3 is 6.03 Å². The molecule has 4 bridgehead atoms. The molecule has 0 unspecified atom stereocenters. The summed E-state index contributed by atoms with van der Waals surface area (Å²) in [5, 5.41) is 20.9. The summed E-state index contributed by atoms with van der Waals surface area (Å²) in [5.41, 5.74) is 3.65. The third-order valence-corrected chi connectivity index (χ3v) is 7.46. The van der Waals surface area contributed by atoms with Crippen LogP contribution in [-0.4, -0.2) is 28.3 Å². The van der Waals surface area contributed by atoms with Gasteiger partial charge in [0, 0.05) is 28.6 Å². The van der Waals surface area contributed by atoms with Crippen molar-refractivity contribution in [2.75, 3.05) is 5.32 Å². The van der Waals surface area contributed by atoms with Crippen LogP contribution >= 0.6 is 0 Å². The zero-order valence-corrected chi connectivity index (χ0v) is 17.6. The Kier molecular flexibility index (Phi) is 4.35. The quantitative estimate of drug-likeness (QED) is 0.571. The Bertz CT molecular complexity index is 901. The van der Waals surface area contributed by atoms with Crippen molar-refractivity contribution in [1.82, 2.24) is 10.7 Å². The summed E-state index contributed by atoms with van der Waals surface area (Å²) in [7, 11) is 0. The number of hydrazone groups is 1. The van der Waals surface area contributed by atoms with Gasteiger partial charge in [-0.15, -0.1) is 0 Å². The first-order chi connectivity index (χ1) is 14.2. The fourth-order valence-electron chi connectivity index (χ4n) is 6.69. The number of nitrogens with zero attached hydrogens (tertiary/aromatic N) is 1. The van der Waals surface area contributed by atoms with Gasteiger partial charge < -0.3 is 15.7 Å². The molecular formula is C23H30N4O3. The lowest BCUT2D eigenvalue weighted by molar-refractivity contribution is -0.122. The number of amides is 3. The highest BCUT2D eigenvalue weighted by atomic mass is 16.3. The van der Waals surface area contributed by atoms with E-state index in [9.17, 15) is 14.7 Å². The van der Waals surface area contributed by atoms with Crippen molar-refractivity contribution in [3.8, 4) is 5.75 Å². The van der Waals surface area contributed by atoms with Gasteiger partial charge in [0.05, 0.1) is 5.71 Å². The summed E-state index contributed by atoms with van der Waals surface area (Å²) in [6.45, 7) is 3.84. The molecule has 1 heterocycles. The molecule has 4 saturated carbocycles. The van der Waals surface area contributed by atoms with Crippen LogP contribution in [0.25, 0.3) is 0 Å². The first-order valence-corrected chi connectivity index (χ1v) is 11.0. The molecule has 5 aliphatic rings. The normalized spacial score (nSPS) is 33.6. The molecule has 1 aromatic rings. The Labute approximate surface area is 176 Å². The van der Waals surface area contributed by atoms with E-state index in [1.165, 1.54) is 19.3 Å². The number of urea groups is 1. The number of aromatic hydroxyl groups is 1. The van der Waals surface area contributed by atoms with E-state index in [0.717, 1.165) is 37.0 Å². The monoisotopic (exact) mass is 410 g/mol. The van der Waals surface area contributed by atoms with Crippen LogP contribution in [0.15, 0.2) is 23.3 Å². The van der Waals surface area contributed by atoms with Crippen LogP contribution in [0.2, 0.25) is 0 Å². The molecule has 1 aliphatic heterocycles. The molecule has 7 nitrogen and oxygen atoms in total. The van der Waals surface area contributed by atoms with Gasteiger partial charge in [0.1, 0.15) is 5.75 Å². The minimum Gasteiger partial charge on any atom is -0.507 e. The van der Waals surface area contributed by atoms with Crippen molar-refractivity contribution in [1.29, 1.82) is 0 Å². The van der Waals surface area contributed by atoms with Gasteiger partial charge in [0.25, 0.3) is 0 Å². The van der Waals surface area contributed by atoms with Crippen molar-refractivity contribution >= 4 is 23.3 Å². The third-order valence-electron chi connectivity index (χ3n) is 7.46. The molecule has 4 fully saturated rings. The first-order valence-electron chi connectivity index (χ1n) is 11.0. The molecule has 6 rings (SSSR count). The Balaban J connectivity index is 1.33. The number of hydrogen-bond donors (Lipinski definition) is 4. The van der Waals surface area contributed by atoms with Crippen molar-refractivity contribution in [2.24, 2.45) is 28.3 Å². The molecule has 3 amide bonds. The zero-order valence-electron chi connectivity index (χ0n) is 17.6. The largest absolute Gasteiger partial charge is 0.507 e. The highest BCUT2D eigenvalue weighted by Gasteiger charge is 2.51. The molecule has 1 aromatic carbocycles. The molecule has 0 radical (unpaired) electrons. The Morgan fingerprint density at radius 1 is 1.13 bits per heavy atom. The molecule has 30 heavy (non-hydrogen) atoms. The van der Waals surface area contributed by atoms with Crippen LogP contribution in [0.3, 0.4) is 0 Å². The number of carbonyl (C=O) groups is 2. The van der Waals surface area contributed by atoms with E-state index in [-0.39, 0.29) is 29.6 Å². The summed E-state index contributed by atoms with van der Waals surface area (Å²) in [6.07, 6.45) is 7.57. The fraction of sp³-hybridized carbons (Fsp3) is 0.609. The SMILES string of the molecule is CC1(C)CC(=O)NN=C1c1cc(NC(=O)NC23CC4CC(CC(C4)C2)C3)ccc1O. The highest BCUT2D eigenvalue weighted by molar-refractivity contribution is 6.10. The molecule has 4 aliphatic carbocycles. The van der Waals surface area contributed by atoms with Crippen molar-refractivity contribution < 1.29 is 14.7 Å². The lowest BCUT2D eigenvalue weighted by Crippen LogP contribution is -2.60. The van der Waals surface area contributed by atoms with E-state index in [1.807, 2.05) is 13.8 Å². The van der Waals surface area contributed by atoms with Gasteiger partial charge in [-0.3, -0.25) is 4.79 Å². The standard InChI is InChI=1S/C23H30N4O3/c1-22(2)12-19(29)26-27-20(22)17-8-16(3-4-18(17)28)24-21(30)25-23-9-13-5-14(10-23)7-15(6-13)11-23/h3-4,8,13-15,28H,5-7,9-12H2,1-2H3,(H,26,29)(H2,24,25,30). The number of rotatable bonds is 3. The molecule has 160 valence electrons. The number of nitrogens with one attached hydrogen (secondary N) is 3. The molecule has 4 N–H and O–H groups in total. The zero-order chi connectivity index (χ0) is 21.1. The topological polar surface area (TPSA) is 103 Å². The minimum atomic E-state index is -0.514. The van der Waals surface area contributed by atoms with Crippen LogP contribution in [0.1, 0.15) is 64.4 Å². The van der Waals surface area contributed by atoms with Crippen LogP contribution < -0.4 is 16.1 Å². The summed E-state index contributed by atoms with van der Waals surface area (Å²) in [4.78, 5) is 24.6. The summed E-state index contributed by atoms with van der Waals surface area (Å²) in [5.74, 6) is 2.22. The van der Waals surface area contributed by atoms with Crippen LogP contribution in [-0.2, 0) is 4.79 Å². The number of hydrogen-bond acceptors (Lipinski definition) is 4. The Morgan fingerprint density at radius 2 is 1.77 bits per heavy atom. The molecule has 0 atom stereocenters. The van der Waals surface area contributed by atoms with Gasteiger partial charge in [-0.1, -0.05) is 13.8 Å². The summed E-state index contributed by atoms with van der Waals surface area (Å²) < 4.78 is 0. The van der Waals surface area contributed by atoms with Crippen LogP contribution in [0.4, 0.5) is 10.5 Å². The average Bonchev–Trinajstić information content (AvgIpc) is 2.61. The van der Waals surface area contributed by atoms with E-state index in [4.69, 9.17) is 0 Å². The second kappa shape index (κ2) is 6.72. The van der Waals surface area contributed by atoms with Gasteiger partial charge in [0.2, 0.25) is 5.91 Å². The number of anilines is 1. The molecule has 0 spiro atoms. The van der Waals surface area contributed by atoms with Crippen LogP contribution in [0.5, 0.6) is 5.75 Å². The fourth-order valence-corrected chi connectivity index (χ4v) is 6.69. The molecule has 0 aromatic heterocycles. The van der Waals surface area contributed by atoms with Crippen molar-refractivity contribution in [3.63, 3.8) is 0 Å². The predicted molar refractivity (Wildman–Crippen MR) is 114 cm³/mol. The van der Waals surface area contributed by atoms with Gasteiger partial charge in [-0.05, 0) is 74.5 Å². The highest BCUT2D eigenvalue weighted by Crippen LogP contribution is 2.55. The van der Waals surface area contributed by atoms with Gasteiger partial charge in [0.15, 0.2) is 0 Å². The predicted octanol–water partition coefficient (Wildman–Crippen LogP) is 3.73. The maximum Gasteiger partial charge on any atom is 0.319 e. The summed E-state index contributed by atoms with van der Waals surface area (Å²) in [6, 6.07) is 4.79. The average molecular weight is 411 g/mol. The Hall–Kier alpha value is -2.57. The second-order valence-corrected chi connectivity index (χ2v) is 10.6. The third kappa shape index (κ3) is 3.44. The number of benzene rings is 1. The Morgan fingerprint density at radius 3 is 2.37 bits per heavy atom. The lowest BCUT2D eigenvalue weighted by Gasteiger charge is -2.56. The first kappa shape index (κ1) is 19.4. The van der Waals surface area contributed by atoms with E-state index >= 15 is 0 Å². The maximum absolute atomic E-state index is 12.9. The van der Waals surface area contributed by atoms with E-state index in [2.05, 4.69) is 21.2 Å². The maximum atomic E-state index is 12.9. The number of phenolic OH excluding ortho intramolecular Hbond substituents is 1. The minimum absolute atomic E-state index is 0.0572. The van der Waals surface area contributed by atoms with Crippen molar-refractivity contribution in [2.45, 2.75) is 64.3 Å². The summed E-state index contributed by atoms with van der Waals surface area (Å²) >= 11 is 0. The smallest absolute Gasteiger partial charge is 0.319 e.